The highest BCUT2D eigenvalue weighted by atomic mass is 16.2. The Morgan fingerprint density at radius 1 is 1.33 bits per heavy atom. The number of fused-ring (bicyclic) bond motifs is 1. The predicted molar refractivity (Wildman–Crippen MR) is 85.5 cm³/mol. The minimum atomic E-state index is 0.137. The molecule has 2 heterocycles. The summed E-state index contributed by atoms with van der Waals surface area (Å²) in [5.74, 6) is 0.137. The van der Waals surface area contributed by atoms with Gasteiger partial charge >= 0.3 is 0 Å². The van der Waals surface area contributed by atoms with E-state index in [4.69, 9.17) is 0 Å². The van der Waals surface area contributed by atoms with Gasteiger partial charge in [0, 0.05) is 30.0 Å². The van der Waals surface area contributed by atoms with Gasteiger partial charge in [0.05, 0.1) is 0 Å². The van der Waals surface area contributed by atoms with Crippen molar-refractivity contribution in [1.29, 1.82) is 0 Å². The summed E-state index contributed by atoms with van der Waals surface area (Å²) in [5, 5.41) is 1.10. The van der Waals surface area contributed by atoms with Gasteiger partial charge in [0.2, 0.25) is 0 Å². The average molecular weight is 285 g/mol. The highest BCUT2D eigenvalue weighted by Gasteiger charge is 2.28. The van der Waals surface area contributed by atoms with Gasteiger partial charge in [0.25, 0.3) is 5.91 Å². The zero-order valence-electron chi connectivity index (χ0n) is 12.8. The third-order valence-electron chi connectivity index (χ3n) is 4.22. The Hall–Kier alpha value is -1.81. The molecule has 1 N–H and O–H groups in total. The van der Waals surface area contributed by atoms with Gasteiger partial charge in [0.1, 0.15) is 5.69 Å². The number of nitrogens with one attached hydrogen (secondary N) is 1. The average Bonchev–Trinajstić information content (AvgIpc) is 2.90. The predicted octanol–water partition coefficient (Wildman–Crippen LogP) is 2.72. The number of carbonyl (C=O) groups is 1. The molecule has 0 unspecified atom stereocenters. The van der Waals surface area contributed by atoms with E-state index in [1.54, 1.807) is 0 Å². The molecule has 3 rings (SSSR count). The number of para-hydroxylation sites is 1. The monoisotopic (exact) mass is 285 g/mol. The molecule has 0 radical (unpaired) electrons. The first-order valence-corrected chi connectivity index (χ1v) is 7.68. The third kappa shape index (κ3) is 2.95. The number of piperidine rings is 1. The van der Waals surface area contributed by atoms with Crippen molar-refractivity contribution in [3.63, 3.8) is 0 Å². The van der Waals surface area contributed by atoms with Gasteiger partial charge in [-0.2, -0.15) is 0 Å². The molecule has 4 nitrogen and oxygen atoms in total. The highest BCUT2D eigenvalue weighted by Crippen LogP contribution is 2.22. The van der Waals surface area contributed by atoms with Gasteiger partial charge in [-0.25, -0.2) is 0 Å². The quantitative estimate of drug-likeness (QED) is 0.942. The molecule has 1 saturated heterocycles. The van der Waals surface area contributed by atoms with Crippen LogP contribution in [-0.4, -0.2) is 53.9 Å². The third-order valence-corrected chi connectivity index (χ3v) is 4.22. The van der Waals surface area contributed by atoms with Crippen LogP contribution >= 0.6 is 0 Å². The molecule has 21 heavy (non-hydrogen) atoms. The number of rotatable bonds is 3. The number of hydrogen-bond acceptors (Lipinski definition) is 2. The SMILES string of the molecule is CN(C)C[C@H]1CCCCN1C(=O)c1cc2ccccc2[nH]1. The molecule has 1 atom stereocenters. The van der Waals surface area contributed by atoms with Crippen molar-refractivity contribution >= 4 is 16.8 Å². The van der Waals surface area contributed by atoms with E-state index < -0.39 is 0 Å². The van der Waals surface area contributed by atoms with E-state index in [2.05, 4.69) is 24.0 Å². The van der Waals surface area contributed by atoms with Crippen molar-refractivity contribution in [3.8, 4) is 0 Å². The fourth-order valence-electron chi connectivity index (χ4n) is 3.22. The van der Waals surface area contributed by atoms with E-state index in [1.807, 2.05) is 35.2 Å². The van der Waals surface area contributed by atoms with Crippen LogP contribution in [0.15, 0.2) is 30.3 Å². The van der Waals surface area contributed by atoms with E-state index in [0.717, 1.165) is 36.8 Å². The number of aromatic nitrogens is 1. The number of benzene rings is 1. The van der Waals surface area contributed by atoms with Crippen molar-refractivity contribution < 1.29 is 4.79 Å². The van der Waals surface area contributed by atoms with Crippen LogP contribution in [0.3, 0.4) is 0 Å². The maximum absolute atomic E-state index is 12.8. The maximum Gasteiger partial charge on any atom is 0.270 e. The summed E-state index contributed by atoms with van der Waals surface area (Å²) < 4.78 is 0. The lowest BCUT2D eigenvalue weighted by molar-refractivity contribution is 0.0570. The first-order chi connectivity index (χ1) is 10.1. The molecule has 1 aromatic carbocycles. The van der Waals surface area contributed by atoms with Crippen molar-refractivity contribution in [2.75, 3.05) is 27.2 Å². The van der Waals surface area contributed by atoms with Crippen molar-refractivity contribution in [2.45, 2.75) is 25.3 Å². The Morgan fingerprint density at radius 2 is 2.14 bits per heavy atom. The smallest absolute Gasteiger partial charge is 0.270 e. The number of likely N-dealkylation sites (N-methyl/N-ethyl adjacent to an activating group) is 1. The lowest BCUT2D eigenvalue weighted by Gasteiger charge is -2.37. The summed E-state index contributed by atoms with van der Waals surface area (Å²) >= 11 is 0. The Morgan fingerprint density at radius 3 is 2.90 bits per heavy atom. The van der Waals surface area contributed by atoms with Gasteiger partial charge < -0.3 is 14.8 Å². The molecule has 2 aromatic rings. The Bertz CT molecular complexity index is 599. The van der Waals surface area contributed by atoms with Gasteiger partial charge in [0.15, 0.2) is 0 Å². The molecule has 1 fully saturated rings. The van der Waals surface area contributed by atoms with Crippen molar-refractivity contribution in [2.24, 2.45) is 0 Å². The molecule has 0 spiro atoms. The van der Waals surface area contributed by atoms with Crippen LogP contribution < -0.4 is 0 Å². The first-order valence-electron chi connectivity index (χ1n) is 7.68. The van der Waals surface area contributed by atoms with Crippen LogP contribution in [0.2, 0.25) is 0 Å². The van der Waals surface area contributed by atoms with E-state index >= 15 is 0 Å². The largest absolute Gasteiger partial charge is 0.351 e. The number of aromatic amines is 1. The summed E-state index contributed by atoms with van der Waals surface area (Å²) in [6.07, 6.45) is 3.43. The zero-order valence-corrected chi connectivity index (χ0v) is 12.8. The second-order valence-electron chi connectivity index (χ2n) is 6.18. The van der Waals surface area contributed by atoms with Crippen LogP contribution in [0, 0.1) is 0 Å². The summed E-state index contributed by atoms with van der Waals surface area (Å²) in [6, 6.07) is 10.3. The van der Waals surface area contributed by atoms with E-state index in [1.165, 1.54) is 6.42 Å². The Labute approximate surface area is 125 Å². The standard InChI is InChI=1S/C17H23N3O/c1-19(2)12-14-8-5-6-10-20(14)17(21)16-11-13-7-3-4-9-15(13)18-16/h3-4,7,9,11,14,18H,5-6,8,10,12H2,1-2H3/t14-/m1/s1. The highest BCUT2D eigenvalue weighted by molar-refractivity contribution is 5.98. The summed E-state index contributed by atoms with van der Waals surface area (Å²) in [5.41, 5.74) is 1.74. The van der Waals surface area contributed by atoms with Crippen molar-refractivity contribution in [3.05, 3.63) is 36.0 Å². The molecule has 1 amide bonds. The lowest BCUT2D eigenvalue weighted by Crippen LogP contribution is -2.48. The zero-order chi connectivity index (χ0) is 14.8. The van der Waals surface area contributed by atoms with E-state index in [9.17, 15) is 4.79 Å². The summed E-state index contributed by atoms with van der Waals surface area (Å²) in [4.78, 5) is 20.3. The van der Waals surface area contributed by atoms with Crippen LogP contribution in [0.1, 0.15) is 29.8 Å². The number of carbonyl (C=O) groups excluding carboxylic acids is 1. The molecule has 4 heteroatoms. The van der Waals surface area contributed by atoms with E-state index in [-0.39, 0.29) is 5.91 Å². The van der Waals surface area contributed by atoms with Crippen LogP contribution in [0.25, 0.3) is 10.9 Å². The summed E-state index contributed by atoms with van der Waals surface area (Å²) in [6.45, 7) is 1.80. The number of hydrogen-bond donors (Lipinski definition) is 1. The van der Waals surface area contributed by atoms with Crippen LogP contribution in [-0.2, 0) is 0 Å². The number of likely N-dealkylation sites (tertiary alicyclic amines) is 1. The molecule has 1 aliphatic rings. The van der Waals surface area contributed by atoms with Gasteiger partial charge in [-0.05, 0) is 45.5 Å². The molecule has 112 valence electrons. The molecule has 0 aliphatic carbocycles. The minimum absolute atomic E-state index is 0.137. The summed E-state index contributed by atoms with van der Waals surface area (Å²) in [7, 11) is 4.14. The maximum atomic E-state index is 12.8. The molecule has 0 saturated carbocycles. The molecular weight excluding hydrogens is 262 g/mol. The molecule has 1 aliphatic heterocycles. The number of nitrogens with zero attached hydrogens (tertiary/aromatic N) is 2. The molecule has 1 aromatic heterocycles. The van der Waals surface area contributed by atoms with Crippen LogP contribution in [0.5, 0.6) is 0 Å². The second kappa shape index (κ2) is 5.90. The van der Waals surface area contributed by atoms with E-state index in [0.29, 0.717) is 11.7 Å². The minimum Gasteiger partial charge on any atom is -0.351 e. The first kappa shape index (κ1) is 14.1. The molecular formula is C17H23N3O. The van der Waals surface area contributed by atoms with Gasteiger partial charge in [-0.3, -0.25) is 4.79 Å². The number of amides is 1. The van der Waals surface area contributed by atoms with Gasteiger partial charge in [-0.1, -0.05) is 18.2 Å². The molecule has 0 bridgehead atoms. The van der Waals surface area contributed by atoms with Crippen LogP contribution in [0.4, 0.5) is 0 Å². The lowest BCUT2D eigenvalue weighted by atomic mass is 10.0. The topological polar surface area (TPSA) is 39.3 Å². The number of H-pyrrole nitrogens is 1. The van der Waals surface area contributed by atoms with Gasteiger partial charge in [-0.15, -0.1) is 0 Å². The van der Waals surface area contributed by atoms with Crippen molar-refractivity contribution in [1.82, 2.24) is 14.8 Å². The second-order valence-corrected chi connectivity index (χ2v) is 6.18. The normalized spacial score (nSPS) is 19.4. The Balaban J connectivity index is 1.84. The fraction of sp³-hybridized carbons (Fsp3) is 0.471. The fourth-order valence-corrected chi connectivity index (χ4v) is 3.22. The Kier molecular flexibility index (Phi) is 3.97.